The van der Waals surface area contributed by atoms with Crippen molar-refractivity contribution in [3.63, 3.8) is 0 Å². The number of carbonyl (C=O) groups excluding carboxylic acids is 2. The van der Waals surface area contributed by atoms with Gasteiger partial charge in [0.05, 0.1) is 18.5 Å². The van der Waals surface area contributed by atoms with Crippen molar-refractivity contribution < 1.29 is 9.59 Å². The van der Waals surface area contributed by atoms with Crippen molar-refractivity contribution in [2.45, 2.75) is 12.8 Å². The molecule has 0 bridgehead atoms. The largest absolute Gasteiger partial charge is 0.294 e. The van der Waals surface area contributed by atoms with E-state index in [1.807, 2.05) is 10.9 Å². The Kier molecular flexibility index (Phi) is 4.16. The van der Waals surface area contributed by atoms with Crippen molar-refractivity contribution in [3.05, 3.63) is 16.1 Å². The number of nitrogens with one attached hydrogen (secondary N) is 2. The van der Waals surface area contributed by atoms with Gasteiger partial charge < -0.3 is 0 Å². The summed E-state index contributed by atoms with van der Waals surface area (Å²) in [7, 11) is 0. The van der Waals surface area contributed by atoms with Crippen LogP contribution in [0.4, 0.5) is 0 Å². The molecule has 82 valence electrons. The Balaban J connectivity index is 2.56. The van der Waals surface area contributed by atoms with E-state index in [2.05, 4.69) is 4.98 Å². The Morgan fingerprint density at radius 2 is 1.87 bits per heavy atom. The molecule has 1 heterocycles. The fraction of sp³-hybridized carbons (Fsp3) is 0.286. The lowest BCUT2D eigenvalue weighted by Crippen LogP contribution is -2.32. The van der Waals surface area contributed by atoms with Crippen LogP contribution in [0.2, 0.25) is 0 Å². The summed E-state index contributed by atoms with van der Waals surface area (Å²) in [4.78, 5) is 25.9. The molecule has 1 rings (SSSR count). The Morgan fingerprint density at radius 3 is 2.47 bits per heavy atom. The summed E-state index contributed by atoms with van der Waals surface area (Å²) in [5.41, 5.74) is 4.59. The van der Waals surface area contributed by atoms with Crippen molar-refractivity contribution in [1.82, 2.24) is 15.8 Å². The molecule has 1 aromatic heterocycles. The SMILES string of the molecule is NNC(=O)Cc1csc(CC(=O)NN)n1. The lowest BCUT2D eigenvalue weighted by Gasteiger charge is -1.95. The molecule has 8 heteroatoms. The third-order valence-corrected chi connectivity index (χ3v) is 2.47. The van der Waals surface area contributed by atoms with Gasteiger partial charge in [-0.1, -0.05) is 0 Å². The molecule has 6 N–H and O–H groups in total. The van der Waals surface area contributed by atoms with Crippen LogP contribution in [-0.4, -0.2) is 16.8 Å². The van der Waals surface area contributed by atoms with E-state index in [0.717, 1.165) is 0 Å². The summed E-state index contributed by atoms with van der Waals surface area (Å²) in [6.45, 7) is 0. The number of hydrogen-bond acceptors (Lipinski definition) is 6. The molecule has 0 unspecified atom stereocenters. The summed E-state index contributed by atoms with van der Waals surface area (Å²) in [5.74, 6) is 9.21. The van der Waals surface area contributed by atoms with E-state index in [1.54, 1.807) is 5.38 Å². The normalized spacial score (nSPS) is 9.73. The van der Waals surface area contributed by atoms with Crippen LogP contribution in [0.15, 0.2) is 5.38 Å². The smallest absolute Gasteiger partial charge is 0.240 e. The molecular weight excluding hydrogens is 218 g/mol. The van der Waals surface area contributed by atoms with E-state index in [0.29, 0.717) is 10.7 Å². The van der Waals surface area contributed by atoms with E-state index in [9.17, 15) is 9.59 Å². The zero-order chi connectivity index (χ0) is 11.3. The van der Waals surface area contributed by atoms with Crippen LogP contribution in [-0.2, 0) is 22.4 Å². The molecule has 2 amide bonds. The topological polar surface area (TPSA) is 123 Å². The first-order valence-corrected chi connectivity index (χ1v) is 4.96. The predicted molar refractivity (Wildman–Crippen MR) is 54.2 cm³/mol. The molecule has 0 atom stereocenters. The number of nitrogens with zero attached hydrogens (tertiary/aromatic N) is 1. The first-order valence-electron chi connectivity index (χ1n) is 4.08. The minimum atomic E-state index is -0.324. The van der Waals surface area contributed by atoms with Gasteiger partial charge in [-0.25, -0.2) is 16.7 Å². The van der Waals surface area contributed by atoms with E-state index in [1.165, 1.54) is 11.3 Å². The van der Waals surface area contributed by atoms with Crippen LogP contribution < -0.4 is 22.5 Å². The molecule has 7 nitrogen and oxygen atoms in total. The molecule has 0 aliphatic rings. The Morgan fingerprint density at radius 1 is 1.27 bits per heavy atom. The van der Waals surface area contributed by atoms with Crippen molar-refractivity contribution in [2.24, 2.45) is 11.7 Å². The van der Waals surface area contributed by atoms with Crippen LogP contribution in [0.3, 0.4) is 0 Å². The zero-order valence-electron chi connectivity index (χ0n) is 7.82. The number of rotatable bonds is 4. The molecule has 0 fully saturated rings. The second-order valence-electron chi connectivity index (χ2n) is 2.72. The standard InChI is InChI=1S/C7H11N5O2S/c8-11-5(13)1-4-3-15-7(10-4)2-6(14)12-9/h3H,1-2,8-9H2,(H,11,13)(H,12,14). The number of hydrogen-bond donors (Lipinski definition) is 4. The summed E-state index contributed by atoms with van der Waals surface area (Å²) in [6, 6.07) is 0. The lowest BCUT2D eigenvalue weighted by atomic mass is 10.3. The minimum absolute atomic E-state index is 0.108. The monoisotopic (exact) mass is 229 g/mol. The summed E-state index contributed by atoms with van der Waals surface area (Å²) >= 11 is 1.30. The number of carbonyl (C=O) groups is 2. The molecule has 0 aliphatic heterocycles. The molecule has 0 aromatic carbocycles. The molecule has 0 saturated heterocycles. The predicted octanol–water partition coefficient (Wildman–Crippen LogP) is -1.79. The van der Waals surface area contributed by atoms with Crippen LogP contribution >= 0.6 is 11.3 Å². The van der Waals surface area contributed by atoms with Gasteiger partial charge in [0.2, 0.25) is 11.8 Å². The highest BCUT2D eigenvalue weighted by Crippen LogP contribution is 2.10. The highest BCUT2D eigenvalue weighted by Gasteiger charge is 2.08. The van der Waals surface area contributed by atoms with Gasteiger partial charge in [0, 0.05) is 5.38 Å². The minimum Gasteiger partial charge on any atom is -0.294 e. The zero-order valence-corrected chi connectivity index (χ0v) is 8.63. The van der Waals surface area contributed by atoms with Gasteiger partial charge in [-0.05, 0) is 0 Å². The van der Waals surface area contributed by atoms with Crippen molar-refractivity contribution in [1.29, 1.82) is 0 Å². The van der Waals surface area contributed by atoms with Crippen molar-refractivity contribution in [2.75, 3.05) is 0 Å². The van der Waals surface area contributed by atoms with E-state index < -0.39 is 0 Å². The van der Waals surface area contributed by atoms with Crippen molar-refractivity contribution >= 4 is 23.2 Å². The van der Waals surface area contributed by atoms with Gasteiger partial charge in [-0.15, -0.1) is 11.3 Å². The first-order chi connectivity index (χ1) is 7.15. The Bertz CT molecular complexity index is 332. The second-order valence-corrected chi connectivity index (χ2v) is 3.66. The summed E-state index contributed by atoms with van der Waals surface area (Å²) in [5, 5.41) is 2.31. The molecule has 0 spiro atoms. The number of aromatic nitrogens is 1. The number of nitrogens with two attached hydrogens (primary N) is 2. The fourth-order valence-corrected chi connectivity index (χ4v) is 1.71. The van der Waals surface area contributed by atoms with Gasteiger partial charge in [-0.3, -0.25) is 20.4 Å². The Hall–Kier alpha value is -1.51. The van der Waals surface area contributed by atoms with Gasteiger partial charge in [0.1, 0.15) is 5.01 Å². The van der Waals surface area contributed by atoms with E-state index >= 15 is 0 Å². The van der Waals surface area contributed by atoms with Crippen LogP contribution in [0.1, 0.15) is 10.7 Å². The van der Waals surface area contributed by atoms with E-state index in [4.69, 9.17) is 11.7 Å². The first kappa shape index (κ1) is 11.6. The van der Waals surface area contributed by atoms with Crippen LogP contribution in [0.25, 0.3) is 0 Å². The summed E-state index contributed by atoms with van der Waals surface area (Å²) in [6.07, 6.45) is 0.225. The molecule has 0 aliphatic carbocycles. The third-order valence-electron chi connectivity index (χ3n) is 1.57. The number of amides is 2. The van der Waals surface area contributed by atoms with Crippen LogP contribution in [0.5, 0.6) is 0 Å². The number of thiazole rings is 1. The van der Waals surface area contributed by atoms with Gasteiger partial charge in [-0.2, -0.15) is 0 Å². The second kappa shape index (κ2) is 5.39. The number of hydrazine groups is 2. The average molecular weight is 229 g/mol. The van der Waals surface area contributed by atoms with Crippen molar-refractivity contribution in [3.8, 4) is 0 Å². The molecule has 0 radical (unpaired) electrons. The maximum atomic E-state index is 10.9. The van der Waals surface area contributed by atoms with Gasteiger partial charge in [0.25, 0.3) is 0 Å². The van der Waals surface area contributed by atoms with Gasteiger partial charge >= 0.3 is 0 Å². The van der Waals surface area contributed by atoms with Gasteiger partial charge in [0.15, 0.2) is 0 Å². The fourth-order valence-electron chi connectivity index (χ4n) is 0.915. The third kappa shape index (κ3) is 3.62. The quantitative estimate of drug-likeness (QED) is 0.276. The molecule has 0 saturated carbocycles. The van der Waals surface area contributed by atoms with Crippen LogP contribution in [0, 0.1) is 0 Å². The molecular formula is C7H11N5O2S. The lowest BCUT2D eigenvalue weighted by molar-refractivity contribution is -0.121. The molecule has 1 aromatic rings. The Labute approximate surface area is 89.8 Å². The summed E-state index contributed by atoms with van der Waals surface area (Å²) < 4.78 is 0. The highest BCUT2D eigenvalue weighted by molar-refractivity contribution is 7.09. The maximum absolute atomic E-state index is 10.9. The molecule has 15 heavy (non-hydrogen) atoms. The maximum Gasteiger partial charge on any atom is 0.240 e. The highest BCUT2D eigenvalue weighted by atomic mass is 32.1. The van der Waals surface area contributed by atoms with E-state index in [-0.39, 0.29) is 24.7 Å². The average Bonchev–Trinajstić information content (AvgIpc) is 2.65.